The van der Waals surface area contributed by atoms with Crippen molar-refractivity contribution in [1.29, 1.82) is 0 Å². The molecular formula is C15H28N2O. The highest BCUT2D eigenvalue weighted by molar-refractivity contribution is 5.80. The quantitative estimate of drug-likeness (QED) is 0.835. The van der Waals surface area contributed by atoms with Gasteiger partial charge in [0.1, 0.15) is 0 Å². The second-order valence-corrected chi connectivity index (χ2v) is 6.00. The maximum absolute atomic E-state index is 12.7. The monoisotopic (exact) mass is 252 g/mol. The number of nitrogens with zero attached hydrogens (tertiary/aromatic N) is 1. The first kappa shape index (κ1) is 13.9. The minimum Gasteiger partial charge on any atom is -0.339 e. The zero-order valence-corrected chi connectivity index (χ0v) is 11.7. The molecule has 3 nitrogen and oxygen atoms in total. The number of rotatable bonds is 4. The van der Waals surface area contributed by atoms with Gasteiger partial charge in [0, 0.05) is 18.5 Å². The van der Waals surface area contributed by atoms with Crippen molar-refractivity contribution in [2.24, 2.45) is 17.6 Å². The number of hydrogen-bond acceptors (Lipinski definition) is 2. The summed E-state index contributed by atoms with van der Waals surface area (Å²) < 4.78 is 0. The zero-order chi connectivity index (χ0) is 13.0. The van der Waals surface area contributed by atoms with Crippen LogP contribution in [0.15, 0.2) is 0 Å². The van der Waals surface area contributed by atoms with E-state index in [1.165, 1.54) is 38.5 Å². The molecule has 3 unspecified atom stereocenters. The second-order valence-electron chi connectivity index (χ2n) is 6.00. The normalized spacial score (nSPS) is 32.8. The summed E-state index contributed by atoms with van der Waals surface area (Å²) in [5, 5.41) is 0. The van der Waals surface area contributed by atoms with Crippen LogP contribution in [0.2, 0.25) is 0 Å². The molecule has 0 aromatic heterocycles. The van der Waals surface area contributed by atoms with E-state index in [2.05, 4.69) is 11.8 Å². The van der Waals surface area contributed by atoms with Crippen LogP contribution in [0.25, 0.3) is 0 Å². The molecule has 104 valence electrons. The Morgan fingerprint density at radius 2 is 2.06 bits per heavy atom. The van der Waals surface area contributed by atoms with Crippen LogP contribution in [0.1, 0.15) is 58.3 Å². The molecule has 0 bridgehead atoms. The molecular weight excluding hydrogens is 224 g/mol. The summed E-state index contributed by atoms with van der Waals surface area (Å²) in [6, 6.07) is 0.510. The molecule has 18 heavy (non-hydrogen) atoms. The standard InChI is InChI=1S/C15H28N2O/c1-2-6-13-8-3-4-10-17(13)15(18)14-9-5-7-12(14)11-16/h12-14H,2-11,16H2,1H3. The lowest BCUT2D eigenvalue weighted by Gasteiger charge is -2.38. The minimum atomic E-state index is 0.229. The van der Waals surface area contributed by atoms with Crippen molar-refractivity contribution in [3.8, 4) is 0 Å². The van der Waals surface area contributed by atoms with E-state index in [0.29, 0.717) is 24.4 Å². The maximum atomic E-state index is 12.7. The molecule has 1 aliphatic heterocycles. The van der Waals surface area contributed by atoms with Gasteiger partial charge < -0.3 is 10.6 Å². The highest BCUT2D eigenvalue weighted by Gasteiger charge is 2.37. The van der Waals surface area contributed by atoms with E-state index in [-0.39, 0.29) is 5.92 Å². The van der Waals surface area contributed by atoms with Gasteiger partial charge in [0.25, 0.3) is 0 Å². The molecule has 3 heteroatoms. The average Bonchev–Trinajstić information content (AvgIpc) is 2.87. The first-order valence-electron chi connectivity index (χ1n) is 7.78. The lowest BCUT2D eigenvalue weighted by molar-refractivity contribution is -0.140. The summed E-state index contributed by atoms with van der Waals surface area (Å²) in [6.07, 6.45) is 9.44. The number of hydrogen-bond donors (Lipinski definition) is 1. The van der Waals surface area contributed by atoms with Gasteiger partial charge in [-0.3, -0.25) is 4.79 Å². The Kier molecular flexibility index (Phi) is 5.04. The summed E-state index contributed by atoms with van der Waals surface area (Å²) in [6.45, 7) is 3.88. The number of amides is 1. The third-order valence-corrected chi connectivity index (χ3v) is 4.81. The summed E-state index contributed by atoms with van der Waals surface area (Å²) in [7, 11) is 0. The third kappa shape index (κ3) is 2.87. The van der Waals surface area contributed by atoms with Gasteiger partial charge in [0.15, 0.2) is 0 Å². The molecule has 3 atom stereocenters. The van der Waals surface area contributed by atoms with E-state index < -0.39 is 0 Å². The van der Waals surface area contributed by atoms with Gasteiger partial charge in [-0.25, -0.2) is 0 Å². The van der Waals surface area contributed by atoms with Crippen molar-refractivity contribution in [2.45, 2.75) is 64.3 Å². The molecule has 1 saturated carbocycles. The molecule has 1 saturated heterocycles. The molecule has 2 rings (SSSR count). The van der Waals surface area contributed by atoms with Crippen LogP contribution in [-0.2, 0) is 4.79 Å². The van der Waals surface area contributed by atoms with E-state index in [0.717, 1.165) is 19.4 Å². The Labute approximate surface area is 111 Å². The van der Waals surface area contributed by atoms with Crippen molar-refractivity contribution in [3.05, 3.63) is 0 Å². The Morgan fingerprint density at radius 3 is 2.78 bits per heavy atom. The van der Waals surface area contributed by atoms with Crippen molar-refractivity contribution in [2.75, 3.05) is 13.1 Å². The molecule has 0 spiro atoms. The average molecular weight is 252 g/mol. The third-order valence-electron chi connectivity index (χ3n) is 4.81. The van der Waals surface area contributed by atoms with Crippen LogP contribution in [0, 0.1) is 11.8 Å². The Bertz CT molecular complexity index is 278. The Morgan fingerprint density at radius 1 is 1.22 bits per heavy atom. The van der Waals surface area contributed by atoms with Crippen LogP contribution >= 0.6 is 0 Å². The van der Waals surface area contributed by atoms with Crippen molar-refractivity contribution >= 4 is 5.91 Å². The molecule has 1 amide bonds. The first-order chi connectivity index (χ1) is 8.77. The summed E-state index contributed by atoms with van der Waals surface area (Å²) in [5.74, 6) is 1.09. The molecule has 0 radical (unpaired) electrons. The van der Waals surface area contributed by atoms with Gasteiger partial charge in [0.2, 0.25) is 5.91 Å². The fraction of sp³-hybridized carbons (Fsp3) is 0.933. The summed E-state index contributed by atoms with van der Waals surface area (Å²) >= 11 is 0. The number of likely N-dealkylation sites (tertiary alicyclic amines) is 1. The van der Waals surface area contributed by atoms with E-state index in [9.17, 15) is 4.79 Å². The minimum absolute atomic E-state index is 0.229. The van der Waals surface area contributed by atoms with Gasteiger partial charge in [-0.1, -0.05) is 19.8 Å². The lowest BCUT2D eigenvalue weighted by Crippen LogP contribution is -2.47. The van der Waals surface area contributed by atoms with E-state index in [1.54, 1.807) is 0 Å². The molecule has 2 fully saturated rings. The van der Waals surface area contributed by atoms with E-state index >= 15 is 0 Å². The van der Waals surface area contributed by atoms with Gasteiger partial charge in [-0.2, -0.15) is 0 Å². The van der Waals surface area contributed by atoms with Gasteiger partial charge in [-0.15, -0.1) is 0 Å². The van der Waals surface area contributed by atoms with Crippen LogP contribution < -0.4 is 5.73 Å². The second kappa shape index (κ2) is 6.55. The fourth-order valence-corrected chi connectivity index (χ4v) is 3.78. The van der Waals surface area contributed by atoms with Gasteiger partial charge in [-0.05, 0) is 51.0 Å². The Hall–Kier alpha value is -0.570. The largest absolute Gasteiger partial charge is 0.339 e. The number of piperidine rings is 1. The lowest BCUT2D eigenvalue weighted by atomic mass is 9.91. The molecule has 0 aromatic carbocycles. The molecule has 1 heterocycles. The van der Waals surface area contributed by atoms with Crippen LogP contribution in [0.5, 0.6) is 0 Å². The van der Waals surface area contributed by atoms with Crippen LogP contribution in [-0.4, -0.2) is 29.9 Å². The van der Waals surface area contributed by atoms with Crippen LogP contribution in [0.4, 0.5) is 0 Å². The highest BCUT2D eigenvalue weighted by atomic mass is 16.2. The van der Waals surface area contributed by atoms with Crippen LogP contribution in [0.3, 0.4) is 0 Å². The summed E-state index contributed by atoms with van der Waals surface area (Å²) in [5.41, 5.74) is 5.81. The topological polar surface area (TPSA) is 46.3 Å². The molecule has 2 N–H and O–H groups in total. The molecule has 2 aliphatic rings. The predicted octanol–water partition coefficient (Wildman–Crippen LogP) is 2.54. The van der Waals surface area contributed by atoms with Crippen molar-refractivity contribution in [1.82, 2.24) is 4.90 Å². The molecule has 1 aliphatic carbocycles. The van der Waals surface area contributed by atoms with Gasteiger partial charge in [0.05, 0.1) is 0 Å². The van der Waals surface area contributed by atoms with E-state index in [1.807, 2.05) is 0 Å². The fourth-order valence-electron chi connectivity index (χ4n) is 3.78. The number of nitrogens with two attached hydrogens (primary N) is 1. The van der Waals surface area contributed by atoms with Crippen molar-refractivity contribution in [3.63, 3.8) is 0 Å². The first-order valence-corrected chi connectivity index (χ1v) is 7.78. The number of carbonyl (C=O) groups is 1. The van der Waals surface area contributed by atoms with Gasteiger partial charge >= 0.3 is 0 Å². The molecule has 0 aromatic rings. The highest BCUT2D eigenvalue weighted by Crippen LogP contribution is 2.34. The number of carbonyl (C=O) groups excluding carboxylic acids is 1. The SMILES string of the molecule is CCCC1CCCCN1C(=O)C1CCCC1CN. The van der Waals surface area contributed by atoms with E-state index in [4.69, 9.17) is 5.73 Å². The predicted molar refractivity (Wildman–Crippen MR) is 74.1 cm³/mol. The zero-order valence-electron chi connectivity index (χ0n) is 11.7. The summed E-state index contributed by atoms with van der Waals surface area (Å²) in [4.78, 5) is 14.9. The maximum Gasteiger partial charge on any atom is 0.226 e. The smallest absolute Gasteiger partial charge is 0.226 e. The van der Waals surface area contributed by atoms with Crippen molar-refractivity contribution < 1.29 is 4.79 Å². The Balaban J connectivity index is 2.01.